The van der Waals surface area contributed by atoms with Gasteiger partial charge in [0.2, 0.25) is 11.8 Å². The van der Waals surface area contributed by atoms with Gasteiger partial charge in [-0.15, -0.1) is 0 Å². The van der Waals surface area contributed by atoms with Gasteiger partial charge in [-0.1, -0.05) is 18.2 Å². The van der Waals surface area contributed by atoms with Gasteiger partial charge in [0.1, 0.15) is 0 Å². The van der Waals surface area contributed by atoms with Crippen LogP contribution in [0.3, 0.4) is 0 Å². The van der Waals surface area contributed by atoms with Crippen molar-refractivity contribution in [3.63, 3.8) is 0 Å². The van der Waals surface area contributed by atoms with Crippen molar-refractivity contribution in [2.24, 2.45) is 5.73 Å². The number of aromatic nitrogens is 1. The minimum absolute atomic E-state index is 0.0638. The van der Waals surface area contributed by atoms with Crippen LogP contribution in [-0.4, -0.2) is 16.8 Å². The second kappa shape index (κ2) is 7.19. The summed E-state index contributed by atoms with van der Waals surface area (Å²) in [7, 11) is 0. The van der Waals surface area contributed by atoms with Crippen molar-refractivity contribution in [1.82, 2.24) is 10.3 Å². The van der Waals surface area contributed by atoms with Gasteiger partial charge in [-0.3, -0.25) is 14.6 Å². The zero-order valence-corrected chi connectivity index (χ0v) is 11.6. The lowest BCUT2D eigenvalue weighted by Gasteiger charge is -2.07. The first-order valence-corrected chi connectivity index (χ1v) is 6.70. The molecule has 0 spiro atoms. The van der Waals surface area contributed by atoms with Crippen LogP contribution >= 0.6 is 0 Å². The monoisotopic (exact) mass is 283 g/mol. The molecular formula is C16H17N3O2. The van der Waals surface area contributed by atoms with Crippen LogP contribution in [0.2, 0.25) is 0 Å². The van der Waals surface area contributed by atoms with Gasteiger partial charge in [-0.05, 0) is 35.7 Å². The molecule has 1 aromatic carbocycles. The van der Waals surface area contributed by atoms with E-state index in [4.69, 9.17) is 5.73 Å². The van der Waals surface area contributed by atoms with Crippen molar-refractivity contribution in [3.8, 4) is 0 Å². The molecule has 1 heterocycles. The topological polar surface area (TPSA) is 85.1 Å². The maximum Gasteiger partial charge on any atom is 0.248 e. The Kier molecular flexibility index (Phi) is 5.04. The van der Waals surface area contributed by atoms with Gasteiger partial charge in [-0.2, -0.15) is 0 Å². The molecule has 1 aromatic heterocycles. The average Bonchev–Trinajstić information content (AvgIpc) is 2.52. The zero-order valence-electron chi connectivity index (χ0n) is 11.6. The molecule has 5 heteroatoms. The molecule has 108 valence electrons. The van der Waals surface area contributed by atoms with Crippen LogP contribution in [0.15, 0.2) is 48.8 Å². The van der Waals surface area contributed by atoms with E-state index in [1.165, 1.54) is 0 Å². The molecule has 0 aliphatic heterocycles. The number of pyridine rings is 1. The smallest absolute Gasteiger partial charge is 0.248 e. The molecular weight excluding hydrogens is 266 g/mol. The van der Waals surface area contributed by atoms with Crippen LogP contribution < -0.4 is 11.1 Å². The molecule has 0 atom stereocenters. The quantitative estimate of drug-likeness (QED) is 0.841. The van der Waals surface area contributed by atoms with Crippen molar-refractivity contribution in [1.29, 1.82) is 0 Å². The van der Waals surface area contributed by atoms with E-state index < -0.39 is 5.91 Å². The fourth-order valence-corrected chi connectivity index (χ4v) is 2.02. The van der Waals surface area contributed by atoms with Gasteiger partial charge < -0.3 is 11.1 Å². The molecule has 21 heavy (non-hydrogen) atoms. The summed E-state index contributed by atoms with van der Waals surface area (Å²) in [5.74, 6) is -0.533. The molecule has 0 aliphatic rings. The van der Waals surface area contributed by atoms with Crippen LogP contribution in [0.4, 0.5) is 0 Å². The summed E-state index contributed by atoms with van der Waals surface area (Å²) in [6.45, 7) is 0.471. The number of carbonyl (C=O) groups is 2. The molecule has 0 radical (unpaired) electrons. The Morgan fingerprint density at radius 3 is 2.52 bits per heavy atom. The Balaban J connectivity index is 1.86. The third-order valence-electron chi connectivity index (χ3n) is 3.14. The van der Waals surface area contributed by atoms with Crippen LogP contribution in [-0.2, 0) is 17.8 Å². The largest absolute Gasteiger partial charge is 0.366 e. The fourth-order valence-electron chi connectivity index (χ4n) is 2.02. The first kappa shape index (κ1) is 14.7. The van der Waals surface area contributed by atoms with Crippen LogP contribution in [0.25, 0.3) is 0 Å². The van der Waals surface area contributed by atoms with E-state index in [1.807, 2.05) is 24.3 Å². The Labute approximate surface area is 123 Å². The van der Waals surface area contributed by atoms with Gasteiger partial charge in [0.15, 0.2) is 0 Å². The van der Waals surface area contributed by atoms with Gasteiger partial charge in [0.05, 0.1) is 0 Å². The summed E-state index contributed by atoms with van der Waals surface area (Å²) in [6, 6.07) is 10.8. The lowest BCUT2D eigenvalue weighted by Crippen LogP contribution is -2.23. The highest BCUT2D eigenvalue weighted by atomic mass is 16.1. The highest BCUT2D eigenvalue weighted by Crippen LogP contribution is 2.10. The molecule has 0 unspecified atom stereocenters. The Morgan fingerprint density at radius 2 is 1.81 bits per heavy atom. The Hall–Kier alpha value is -2.69. The fraction of sp³-hybridized carbons (Fsp3) is 0.188. The predicted octanol–water partition coefficient (Wildman–Crippen LogP) is 1.43. The van der Waals surface area contributed by atoms with Crippen molar-refractivity contribution < 1.29 is 9.59 Å². The average molecular weight is 283 g/mol. The zero-order chi connectivity index (χ0) is 15.1. The molecule has 2 rings (SSSR count). The minimum atomic E-state index is -0.470. The first-order valence-electron chi connectivity index (χ1n) is 6.70. The normalized spacial score (nSPS) is 10.1. The van der Waals surface area contributed by atoms with Gasteiger partial charge in [0, 0.05) is 30.9 Å². The van der Waals surface area contributed by atoms with E-state index in [9.17, 15) is 9.59 Å². The van der Waals surface area contributed by atoms with E-state index in [-0.39, 0.29) is 5.91 Å². The van der Waals surface area contributed by atoms with Crippen molar-refractivity contribution in [3.05, 3.63) is 65.5 Å². The van der Waals surface area contributed by atoms with Crippen LogP contribution in [0, 0.1) is 0 Å². The van der Waals surface area contributed by atoms with Gasteiger partial charge in [0.25, 0.3) is 0 Å². The third kappa shape index (κ3) is 4.42. The molecule has 0 saturated heterocycles. The number of nitrogens with one attached hydrogen (secondary N) is 1. The number of aryl methyl sites for hydroxylation is 1. The SMILES string of the molecule is NC(=O)c1ccccc1CCC(=O)NCc1ccncc1. The summed E-state index contributed by atoms with van der Waals surface area (Å²) < 4.78 is 0. The minimum Gasteiger partial charge on any atom is -0.366 e. The van der Waals surface area contributed by atoms with Crippen molar-refractivity contribution in [2.75, 3.05) is 0 Å². The summed E-state index contributed by atoms with van der Waals surface area (Å²) in [6.07, 6.45) is 4.17. The second-order valence-corrected chi connectivity index (χ2v) is 4.65. The van der Waals surface area contributed by atoms with Crippen LogP contribution in [0.1, 0.15) is 27.9 Å². The van der Waals surface area contributed by atoms with Crippen molar-refractivity contribution in [2.45, 2.75) is 19.4 Å². The molecule has 0 aliphatic carbocycles. The molecule has 0 saturated carbocycles. The maximum atomic E-state index is 11.8. The first-order chi connectivity index (χ1) is 10.2. The number of amides is 2. The lowest BCUT2D eigenvalue weighted by atomic mass is 10.0. The van der Waals surface area contributed by atoms with Crippen LogP contribution in [0.5, 0.6) is 0 Å². The van der Waals surface area contributed by atoms with E-state index in [1.54, 1.807) is 24.5 Å². The summed E-state index contributed by atoms with van der Waals surface area (Å²) in [5, 5.41) is 2.83. The van der Waals surface area contributed by atoms with Gasteiger partial charge in [-0.25, -0.2) is 0 Å². The second-order valence-electron chi connectivity index (χ2n) is 4.65. The Morgan fingerprint density at radius 1 is 1.10 bits per heavy atom. The van der Waals surface area contributed by atoms with E-state index in [0.29, 0.717) is 24.9 Å². The number of benzene rings is 1. The summed E-state index contributed by atoms with van der Waals surface area (Å²) in [4.78, 5) is 27.0. The number of carbonyl (C=O) groups excluding carboxylic acids is 2. The van der Waals surface area contributed by atoms with E-state index in [2.05, 4.69) is 10.3 Å². The molecule has 3 N–H and O–H groups in total. The molecule has 0 fully saturated rings. The lowest BCUT2D eigenvalue weighted by molar-refractivity contribution is -0.121. The molecule has 5 nitrogen and oxygen atoms in total. The summed E-state index contributed by atoms with van der Waals surface area (Å²) >= 11 is 0. The number of primary amides is 1. The van der Waals surface area contributed by atoms with E-state index >= 15 is 0 Å². The van der Waals surface area contributed by atoms with E-state index in [0.717, 1.165) is 11.1 Å². The van der Waals surface area contributed by atoms with Crippen molar-refractivity contribution >= 4 is 11.8 Å². The number of hydrogen-bond donors (Lipinski definition) is 2. The third-order valence-corrected chi connectivity index (χ3v) is 3.14. The molecule has 0 bridgehead atoms. The number of nitrogens with zero attached hydrogens (tertiary/aromatic N) is 1. The molecule has 2 aromatic rings. The highest BCUT2D eigenvalue weighted by Gasteiger charge is 2.09. The van der Waals surface area contributed by atoms with Gasteiger partial charge >= 0.3 is 0 Å². The highest BCUT2D eigenvalue weighted by molar-refractivity contribution is 5.94. The maximum absolute atomic E-state index is 11.8. The number of hydrogen-bond acceptors (Lipinski definition) is 3. The summed E-state index contributed by atoms with van der Waals surface area (Å²) in [5.41, 5.74) is 7.57. The molecule has 2 amide bonds. The number of nitrogens with two attached hydrogens (primary N) is 1. The number of rotatable bonds is 6. The Bertz CT molecular complexity index is 626. The standard InChI is InChI=1S/C16H17N3O2/c17-16(21)14-4-2-1-3-13(14)5-6-15(20)19-11-12-7-9-18-10-8-12/h1-4,7-10H,5-6,11H2,(H2,17,21)(H,19,20). The predicted molar refractivity (Wildman–Crippen MR) is 79.4 cm³/mol.